The van der Waals surface area contributed by atoms with E-state index in [1.165, 1.54) is 24.3 Å². The molecule has 6 heterocycles. The highest BCUT2D eigenvalue weighted by molar-refractivity contribution is 6.18. The van der Waals surface area contributed by atoms with Crippen molar-refractivity contribution in [2.45, 2.75) is 62.8 Å². The number of fused-ring (bicyclic) bond motifs is 7. The van der Waals surface area contributed by atoms with Crippen molar-refractivity contribution < 1.29 is 32.5 Å². The number of hydrogen-bond acceptors (Lipinski definition) is 11. The van der Waals surface area contributed by atoms with Gasteiger partial charge in [-0.3, -0.25) is 9.80 Å². The number of aromatic hydroxyl groups is 1. The van der Waals surface area contributed by atoms with Crippen molar-refractivity contribution in [3.05, 3.63) is 58.2 Å². The van der Waals surface area contributed by atoms with Crippen LogP contribution in [0.2, 0.25) is 0 Å². The third-order valence-electron chi connectivity index (χ3n) is 12.3. The van der Waals surface area contributed by atoms with E-state index in [-0.39, 0.29) is 82.7 Å². The number of furan rings is 1. The number of nitrogens with zero attached hydrogens (tertiary/aromatic N) is 6. The van der Waals surface area contributed by atoms with Gasteiger partial charge in [0.2, 0.25) is 0 Å². The van der Waals surface area contributed by atoms with Crippen LogP contribution in [0.3, 0.4) is 0 Å². The molecule has 4 aliphatic heterocycles. The minimum Gasteiger partial charge on any atom is -0.508 e. The molecule has 5 atom stereocenters. The Kier molecular flexibility index (Phi) is 8.86. The molecule has 55 heavy (non-hydrogen) atoms. The summed E-state index contributed by atoms with van der Waals surface area (Å²) in [7, 11) is 0. The lowest BCUT2D eigenvalue weighted by molar-refractivity contribution is 0.107. The van der Waals surface area contributed by atoms with Crippen molar-refractivity contribution in [2.24, 2.45) is 11.1 Å². The maximum absolute atomic E-state index is 17.7. The summed E-state index contributed by atoms with van der Waals surface area (Å²) in [6.45, 7) is 4.46. The average molecular weight is 755 g/mol. The number of piperazine rings is 1. The third kappa shape index (κ3) is 5.86. The second kappa shape index (κ2) is 13.6. The van der Waals surface area contributed by atoms with E-state index >= 15 is 8.78 Å². The number of benzene rings is 3. The number of rotatable bonds is 10. The van der Waals surface area contributed by atoms with Crippen LogP contribution in [-0.4, -0.2) is 106 Å². The molecule has 3 aromatic carbocycles. The number of ether oxygens (including phenoxy) is 1. The largest absolute Gasteiger partial charge is 0.508 e. The first-order valence-electron chi connectivity index (χ1n) is 18.9. The smallest absolute Gasteiger partial charge is 0.319 e. The van der Waals surface area contributed by atoms with Crippen molar-refractivity contribution in [2.75, 3.05) is 57.4 Å². The van der Waals surface area contributed by atoms with Crippen molar-refractivity contribution in [1.82, 2.24) is 19.8 Å². The van der Waals surface area contributed by atoms with Gasteiger partial charge in [-0.05, 0) is 68.8 Å². The second-order valence-corrected chi connectivity index (χ2v) is 15.7. The Morgan fingerprint density at radius 2 is 1.95 bits per heavy atom. The molecule has 4 fully saturated rings. The van der Waals surface area contributed by atoms with Gasteiger partial charge < -0.3 is 24.3 Å². The molecule has 0 radical (unpaired) electrons. The fourth-order valence-corrected chi connectivity index (χ4v) is 9.92. The molecule has 2 aromatic heterocycles. The molecule has 9 rings (SSSR count). The molecule has 11 nitrogen and oxygen atoms in total. The van der Waals surface area contributed by atoms with Crippen molar-refractivity contribution in [1.29, 1.82) is 0 Å². The fraction of sp³-hybridized carbons (Fsp3) is 0.463. The lowest BCUT2D eigenvalue weighted by Crippen LogP contribution is -2.55. The van der Waals surface area contributed by atoms with E-state index in [4.69, 9.17) is 25.5 Å². The van der Waals surface area contributed by atoms with Crippen LogP contribution in [0.1, 0.15) is 43.4 Å². The average Bonchev–Trinajstić information content (AvgIpc) is 3.88. The van der Waals surface area contributed by atoms with Crippen LogP contribution in [0.4, 0.5) is 19.0 Å². The van der Waals surface area contributed by atoms with Gasteiger partial charge in [0, 0.05) is 73.5 Å². The van der Waals surface area contributed by atoms with Gasteiger partial charge in [-0.25, -0.2) is 13.2 Å². The number of aromatic nitrogens is 2. The van der Waals surface area contributed by atoms with Crippen molar-refractivity contribution >= 4 is 38.5 Å². The van der Waals surface area contributed by atoms with Gasteiger partial charge in [0.05, 0.1) is 28.6 Å². The molecule has 14 heteroatoms. The molecule has 2 bridgehead atoms. The van der Waals surface area contributed by atoms with Crippen LogP contribution in [0.15, 0.2) is 39.9 Å². The van der Waals surface area contributed by atoms with Crippen LogP contribution in [-0.2, 0) is 0 Å². The number of nitroso groups, excluding NO2 is 1. The number of hydrogen-bond donors (Lipinski definition) is 2. The number of halogens is 3. The number of aliphatic hydroxyl groups is 1. The first kappa shape index (κ1) is 35.7. The molecule has 0 saturated carbocycles. The van der Waals surface area contributed by atoms with Crippen molar-refractivity contribution in [3.8, 4) is 35.2 Å². The fourth-order valence-electron chi connectivity index (χ4n) is 9.92. The van der Waals surface area contributed by atoms with Crippen LogP contribution >= 0.6 is 0 Å². The van der Waals surface area contributed by atoms with E-state index in [2.05, 4.69) is 25.8 Å². The maximum Gasteiger partial charge on any atom is 0.319 e. The van der Waals surface area contributed by atoms with E-state index in [0.29, 0.717) is 60.3 Å². The van der Waals surface area contributed by atoms with Crippen molar-refractivity contribution in [3.63, 3.8) is 0 Å². The Hall–Kier alpha value is -4.97. The Labute approximate surface area is 315 Å². The van der Waals surface area contributed by atoms with Crippen LogP contribution < -0.4 is 9.64 Å². The number of phenols is 1. The van der Waals surface area contributed by atoms with Gasteiger partial charge >= 0.3 is 6.01 Å². The molecule has 4 aliphatic rings. The molecule has 286 valence electrons. The van der Waals surface area contributed by atoms with E-state index in [1.807, 2.05) is 0 Å². The molecule has 5 aromatic rings. The number of terminal acetylenes is 1. The number of phenolic OH excluding ortho intramolecular Hbond substituents is 1. The number of alkyl halides is 1. The summed E-state index contributed by atoms with van der Waals surface area (Å²) >= 11 is 0. The highest BCUT2D eigenvalue weighted by Gasteiger charge is 2.49. The molecular formula is C41H41F3N6O5. The van der Waals surface area contributed by atoms with Gasteiger partial charge in [0.1, 0.15) is 47.0 Å². The van der Waals surface area contributed by atoms with Crippen LogP contribution in [0.5, 0.6) is 11.8 Å². The minimum atomic E-state index is -0.969. The summed E-state index contributed by atoms with van der Waals surface area (Å²) in [5, 5.41) is 25.4. The maximum atomic E-state index is 17.7. The Morgan fingerprint density at radius 1 is 1.15 bits per heavy atom. The van der Waals surface area contributed by atoms with Gasteiger partial charge in [-0.2, -0.15) is 14.9 Å². The lowest BCUT2D eigenvalue weighted by atomic mass is 9.91. The highest BCUT2D eigenvalue weighted by Crippen LogP contribution is 2.47. The topological polar surface area (TPSA) is 128 Å². The summed E-state index contributed by atoms with van der Waals surface area (Å²) < 4.78 is 60.3. The quantitative estimate of drug-likeness (QED) is 0.121. The van der Waals surface area contributed by atoms with Gasteiger partial charge in [-0.1, -0.05) is 17.2 Å². The van der Waals surface area contributed by atoms with Crippen LogP contribution in [0, 0.1) is 41.7 Å². The normalized spacial score (nSPS) is 24.6. The summed E-state index contributed by atoms with van der Waals surface area (Å²) in [5.41, 5.74) is -0.391. The number of aryl methyl sites for hydroxylation is 1. The first-order chi connectivity index (χ1) is 26.6. The highest BCUT2D eigenvalue weighted by atomic mass is 19.1. The SMILES string of the molecule is C#Cc1c(F)ccc2cc(O)cc(-c3c(F)c4nc(OC[C@@]56CCCN5C[C@H](F)C6)nc(N5CC6CCC(C5)N6CC(CO)CN=O)c4c4cc(C)oc34)c12. The Balaban J connectivity index is 1.23. The van der Waals surface area contributed by atoms with Gasteiger partial charge in [0.15, 0.2) is 5.82 Å². The van der Waals surface area contributed by atoms with E-state index in [0.717, 1.165) is 32.2 Å². The zero-order chi connectivity index (χ0) is 38.2. The molecule has 4 saturated heterocycles. The Bertz CT molecular complexity index is 2390. The predicted molar refractivity (Wildman–Crippen MR) is 202 cm³/mol. The summed E-state index contributed by atoms with van der Waals surface area (Å²) in [4.78, 5) is 27.4. The summed E-state index contributed by atoms with van der Waals surface area (Å²) in [5.74, 6) is 1.43. The lowest BCUT2D eigenvalue weighted by Gasteiger charge is -2.43. The summed E-state index contributed by atoms with van der Waals surface area (Å²) in [6.07, 6.45) is 8.64. The molecule has 0 spiro atoms. The Morgan fingerprint density at radius 3 is 2.69 bits per heavy atom. The molecule has 2 N–H and O–H groups in total. The molecular weight excluding hydrogens is 713 g/mol. The standard InChI is InChI=1S/C41H41F3N6O5/c1-3-29-32(43)8-5-24-12-28(52)13-30(33(24)29)34-36(44)37-35(31-11-22(2)55-38(31)34)39(47-40(46-37)54-21-41-9-4-10-49(41)17-25(42)14-41)48-18-26-6-7-27(19-48)50(26)16-23(20-51)15-45-53/h1,5,8,11-13,23,25-27,51-52H,4,6-7,9-10,14-21H2,2H3/t23?,25-,26?,27?,41+/m1/s1. The van der Waals surface area contributed by atoms with E-state index in [9.17, 15) is 19.5 Å². The third-order valence-corrected chi connectivity index (χ3v) is 12.3. The number of anilines is 1. The van der Waals surface area contributed by atoms with E-state index in [1.54, 1.807) is 13.0 Å². The summed E-state index contributed by atoms with van der Waals surface area (Å²) in [6, 6.07) is 7.36. The second-order valence-electron chi connectivity index (χ2n) is 15.7. The zero-order valence-electron chi connectivity index (χ0n) is 30.4. The molecule has 3 unspecified atom stereocenters. The first-order valence-corrected chi connectivity index (χ1v) is 18.9. The monoisotopic (exact) mass is 754 g/mol. The predicted octanol–water partition coefficient (Wildman–Crippen LogP) is 6.45. The molecule has 0 amide bonds. The zero-order valence-corrected chi connectivity index (χ0v) is 30.4. The van der Waals surface area contributed by atoms with Gasteiger partial charge in [-0.15, -0.1) is 6.42 Å². The molecule has 0 aliphatic carbocycles. The van der Waals surface area contributed by atoms with E-state index < -0.39 is 23.3 Å². The van der Waals surface area contributed by atoms with Gasteiger partial charge in [0.25, 0.3) is 0 Å². The number of aliphatic hydroxyl groups excluding tert-OH is 1. The minimum absolute atomic E-state index is 0.0266. The van der Waals surface area contributed by atoms with Crippen LogP contribution in [0.25, 0.3) is 43.8 Å².